The molecule has 0 saturated heterocycles. The van der Waals surface area contributed by atoms with Crippen LogP contribution in [-0.4, -0.2) is 0 Å². The zero-order valence-electron chi connectivity index (χ0n) is 7.26. The second-order valence-corrected chi connectivity index (χ2v) is 3.17. The Morgan fingerprint density at radius 1 is 1.42 bits per heavy atom. The van der Waals surface area contributed by atoms with Crippen LogP contribution >= 0.6 is 11.6 Å². The number of aryl methyl sites for hydroxylation is 1. The lowest BCUT2D eigenvalue weighted by molar-refractivity contribution is 1.000. The van der Waals surface area contributed by atoms with Crippen LogP contribution in [0.15, 0.2) is 36.4 Å². The molecule has 1 aromatic rings. The van der Waals surface area contributed by atoms with E-state index in [1.165, 1.54) is 5.56 Å². The van der Waals surface area contributed by atoms with Crippen LogP contribution in [0.25, 0.3) is 0 Å². The third kappa shape index (κ3) is 3.10. The molecule has 0 amide bonds. The highest BCUT2D eigenvalue weighted by Gasteiger charge is 1.91. The number of hydrogen-bond donors (Lipinski definition) is 0. The van der Waals surface area contributed by atoms with E-state index in [4.69, 9.17) is 11.6 Å². The lowest BCUT2D eigenvalue weighted by Gasteiger charge is -1.97. The van der Waals surface area contributed by atoms with Crippen molar-refractivity contribution in [2.24, 2.45) is 0 Å². The molecular weight excluding hydrogens is 168 g/mol. The van der Waals surface area contributed by atoms with Crippen LogP contribution in [0.1, 0.15) is 18.9 Å². The average molecular weight is 181 g/mol. The van der Waals surface area contributed by atoms with E-state index in [9.17, 15) is 0 Å². The van der Waals surface area contributed by atoms with E-state index < -0.39 is 0 Å². The average Bonchev–Trinajstić information content (AvgIpc) is 2.05. The number of halogens is 1. The van der Waals surface area contributed by atoms with Gasteiger partial charge in [-0.3, -0.25) is 0 Å². The molecule has 0 aliphatic heterocycles. The maximum absolute atomic E-state index is 5.84. The van der Waals surface area contributed by atoms with Crippen molar-refractivity contribution < 1.29 is 0 Å². The molecule has 0 N–H and O–H groups in total. The zero-order chi connectivity index (χ0) is 8.81. The van der Waals surface area contributed by atoms with Crippen molar-refractivity contribution in [3.8, 4) is 0 Å². The SMILES string of the molecule is C/C=C\CCc1cccc(Cl)c1. The second-order valence-electron chi connectivity index (χ2n) is 2.74. The lowest BCUT2D eigenvalue weighted by Crippen LogP contribution is -1.81. The van der Waals surface area contributed by atoms with Gasteiger partial charge in [0.1, 0.15) is 0 Å². The highest BCUT2D eigenvalue weighted by atomic mass is 35.5. The van der Waals surface area contributed by atoms with Crippen molar-refractivity contribution in [2.45, 2.75) is 19.8 Å². The number of rotatable bonds is 3. The summed E-state index contributed by atoms with van der Waals surface area (Å²) in [5.41, 5.74) is 1.31. The van der Waals surface area contributed by atoms with Crippen LogP contribution in [0.3, 0.4) is 0 Å². The first kappa shape index (κ1) is 9.34. The normalized spacial score (nSPS) is 10.8. The minimum Gasteiger partial charge on any atom is -0.0917 e. The van der Waals surface area contributed by atoms with Gasteiger partial charge in [0.15, 0.2) is 0 Å². The molecule has 0 atom stereocenters. The minimum absolute atomic E-state index is 0.827. The number of hydrogen-bond acceptors (Lipinski definition) is 0. The Bertz CT molecular complexity index is 263. The third-order valence-electron chi connectivity index (χ3n) is 1.72. The lowest BCUT2D eigenvalue weighted by atomic mass is 10.1. The van der Waals surface area contributed by atoms with Crippen molar-refractivity contribution in [1.29, 1.82) is 0 Å². The summed E-state index contributed by atoms with van der Waals surface area (Å²) in [6.45, 7) is 2.04. The number of allylic oxidation sites excluding steroid dienone is 2. The molecule has 0 spiro atoms. The van der Waals surface area contributed by atoms with Gasteiger partial charge in [0, 0.05) is 5.02 Å². The summed E-state index contributed by atoms with van der Waals surface area (Å²) in [5.74, 6) is 0. The summed E-state index contributed by atoms with van der Waals surface area (Å²) in [6, 6.07) is 8.02. The fourth-order valence-electron chi connectivity index (χ4n) is 1.11. The van der Waals surface area contributed by atoms with E-state index in [0.29, 0.717) is 0 Å². The Labute approximate surface area is 78.9 Å². The molecule has 0 nitrogen and oxygen atoms in total. The van der Waals surface area contributed by atoms with E-state index in [1.807, 2.05) is 25.1 Å². The maximum Gasteiger partial charge on any atom is 0.0408 e. The smallest absolute Gasteiger partial charge is 0.0408 e. The zero-order valence-corrected chi connectivity index (χ0v) is 8.01. The molecule has 0 aromatic heterocycles. The van der Waals surface area contributed by atoms with E-state index in [1.54, 1.807) is 0 Å². The van der Waals surface area contributed by atoms with Gasteiger partial charge in [0.2, 0.25) is 0 Å². The monoisotopic (exact) mass is 180 g/mol. The summed E-state index contributed by atoms with van der Waals surface area (Å²) < 4.78 is 0. The summed E-state index contributed by atoms with van der Waals surface area (Å²) in [6.07, 6.45) is 6.41. The largest absolute Gasteiger partial charge is 0.0917 e. The van der Waals surface area contributed by atoms with Crippen molar-refractivity contribution in [3.05, 3.63) is 47.0 Å². The molecule has 1 rings (SSSR count). The fourth-order valence-corrected chi connectivity index (χ4v) is 1.32. The molecule has 1 aromatic carbocycles. The van der Waals surface area contributed by atoms with Crippen LogP contribution in [0.2, 0.25) is 5.02 Å². The van der Waals surface area contributed by atoms with Crippen molar-refractivity contribution in [2.75, 3.05) is 0 Å². The van der Waals surface area contributed by atoms with Crippen molar-refractivity contribution in [1.82, 2.24) is 0 Å². The van der Waals surface area contributed by atoms with Gasteiger partial charge in [0.05, 0.1) is 0 Å². The molecule has 0 saturated carbocycles. The Hall–Kier alpha value is -0.750. The first-order chi connectivity index (χ1) is 5.83. The Morgan fingerprint density at radius 3 is 2.92 bits per heavy atom. The van der Waals surface area contributed by atoms with Gasteiger partial charge in [-0.1, -0.05) is 35.9 Å². The number of benzene rings is 1. The molecule has 0 unspecified atom stereocenters. The predicted molar refractivity (Wildman–Crippen MR) is 54.6 cm³/mol. The summed E-state index contributed by atoms with van der Waals surface area (Å²) >= 11 is 5.84. The third-order valence-corrected chi connectivity index (χ3v) is 1.96. The van der Waals surface area contributed by atoms with Gasteiger partial charge < -0.3 is 0 Å². The molecule has 0 heterocycles. The Kier molecular flexibility index (Phi) is 3.89. The summed E-state index contributed by atoms with van der Waals surface area (Å²) in [4.78, 5) is 0. The van der Waals surface area contributed by atoms with Crippen LogP contribution in [0, 0.1) is 0 Å². The van der Waals surface area contributed by atoms with E-state index in [0.717, 1.165) is 17.9 Å². The van der Waals surface area contributed by atoms with Gasteiger partial charge >= 0.3 is 0 Å². The van der Waals surface area contributed by atoms with Crippen LogP contribution in [-0.2, 0) is 6.42 Å². The Morgan fingerprint density at radius 2 is 2.25 bits per heavy atom. The molecule has 0 bridgehead atoms. The Balaban J connectivity index is 2.52. The first-order valence-corrected chi connectivity index (χ1v) is 4.56. The van der Waals surface area contributed by atoms with E-state index in [-0.39, 0.29) is 0 Å². The summed E-state index contributed by atoms with van der Waals surface area (Å²) in [7, 11) is 0. The van der Waals surface area contributed by atoms with Crippen LogP contribution in [0.5, 0.6) is 0 Å². The van der Waals surface area contributed by atoms with Gasteiger partial charge in [-0.05, 0) is 37.5 Å². The molecule has 0 aliphatic rings. The van der Waals surface area contributed by atoms with E-state index >= 15 is 0 Å². The maximum atomic E-state index is 5.84. The topological polar surface area (TPSA) is 0 Å². The minimum atomic E-state index is 0.827. The van der Waals surface area contributed by atoms with Gasteiger partial charge in [0.25, 0.3) is 0 Å². The van der Waals surface area contributed by atoms with E-state index in [2.05, 4.69) is 18.2 Å². The van der Waals surface area contributed by atoms with Crippen molar-refractivity contribution >= 4 is 11.6 Å². The molecule has 0 radical (unpaired) electrons. The van der Waals surface area contributed by atoms with Gasteiger partial charge in [-0.2, -0.15) is 0 Å². The van der Waals surface area contributed by atoms with Crippen LogP contribution in [0.4, 0.5) is 0 Å². The highest BCUT2D eigenvalue weighted by molar-refractivity contribution is 6.30. The van der Waals surface area contributed by atoms with Gasteiger partial charge in [-0.25, -0.2) is 0 Å². The van der Waals surface area contributed by atoms with Crippen molar-refractivity contribution in [3.63, 3.8) is 0 Å². The molecule has 0 fully saturated rings. The van der Waals surface area contributed by atoms with Gasteiger partial charge in [-0.15, -0.1) is 0 Å². The van der Waals surface area contributed by atoms with Crippen LogP contribution < -0.4 is 0 Å². The molecule has 64 valence electrons. The quantitative estimate of drug-likeness (QED) is 0.620. The second kappa shape index (κ2) is 5.00. The summed E-state index contributed by atoms with van der Waals surface area (Å²) in [5, 5.41) is 0.827. The molecule has 0 aliphatic carbocycles. The predicted octanol–water partition coefficient (Wildman–Crippen LogP) is 3.85. The molecule has 12 heavy (non-hydrogen) atoms. The standard InChI is InChI=1S/C11H13Cl/c1-2-3-4-6-10-7-5-8-11(12)9-10/h2-3,5,7-9H,4,6H2,1H3/b3-2-. The molecule has 1 heteroatoms. The molecular formula is C11H13Cl. The highest BCUT2D eigenvalue weighted by Crippen LogP contribution is 2.12. The fraction of sp³-hybridized carbons (Fsp3) is 0.273. The first-order valence-electron chi connectivity index (χ1n) is 4.18.